The second-order valence-corrected chi connectivity index (χ2v) is 12.5. The molecule has 2 aliphatic rings. The molecular weight excluding hydrogens is 605 g/mol. The number of piperazine rings is 1. The van der Waals surface area contributed by atoms with Crippen LogP contribution in [0.4, 0.5) is 10.1 Å². The minimum absolute atomic E-state index is 0.0353. The normalized spacial score (nSPS) is 17.1. The molecule has 2 atom stereocenters. The third kappa shape index (κ3) is 8.42. The van der Waals surface area contributed by atoms with Crippen LogP contribution in [-0.4, -0.2) is 98.1 Å². The molecule has 4 amide bonds. The number of hydrogen-bond acceptors (Lipinski definition) is 7. The molecule has 0 radical (unpaired) electrons. The van der Waals surface area contributed by atoms with E-state index in [2.05, 4.69) is 30.9 Å². The molecule has 3 heterocycles. The van der Waals surface area contributed by atoms with E-state index < -0.39 is 35.6 Å². The van der Waals surface area contributed by atoms with Gasteiger partial charge in [0.1, 0.15) is 29.3 Å². The first-order valence-corrected chi connectivity index (χ1v) is 16.3. The van der Waals surface area contributed by atoms with Gasteiger partial charge < -0.3 is 30.3 Å². The Morgan fingerprint density at radius 3 is 2.38 bits per heavy atom. The van der Waals surface area contributed by atoms with Gasteiger partial charge in [0.05, 0.1) is 12.0 Å². The Morgan fingerprint density at radius 2 is 1.72 bits per heavy atom. The van der Waals surface area contributed by atoms with Crippen molar-refractivity contribution in [3.63, 3.8) is 0 Å². The van der Waals surface area contributed by atoms with Crippen LogP contribution in [0.1, 0.15) is 65.6 Å². The zero-order chi connectivity index (χ0) is 33.5. The first kappa shape index (κ1) is 33.8. The van der Waals surface area contributed by atoms with Gasteiger partial charge in [0.25, 0.3) is 11.8 Å². The van der Waals surface area contributed by atoms with Crippen LogP contribution in [0, 0.1) is 11.7 Å². The number of benzene rings is 1. The Morgan fingerprint density at radius 1 is 0.979 bits per heavy atom. The van der Waals surface area contributed by atoms with Gasteiger partial charge in [0, 0.05) is 58.6 Å². The number of rotatable bonds is 11. The highest BCUT2D eigenvalue weighted by Crippen LogP contribution is 2.28. The van der Waals surface area contributed by atoms with Crippen LogP contribution in [0.3, 0.4) is 0 Å². The number of aromatic nitrogens is 4. The molecule has 1 aliphatic carbocycles. The van der Waals surface area contributed by atoms with Crippen LogP contribution >= 0.6 is 0 Å². The van der Waals surface area contributed by atoms with E-state index in [1.165, 1.54) is 24.7 Å². The lowest BCUT2D eigenvalue weighted by molar-refractivity contribution is -0.134. The second kappa shape index (κ2) is 15.3. The number of hydrogen-bond donors (Lipinski definition) is 3. The third-order valence-electron chi connectivity index (χ3n) is 9.03. The van der Waals surface area contributed by atoms with Gasteiger partial charge in [-0.05, 0) is 56.5 Å². The molecule has 13 nitrogen and oxygen atoms in total. The monoisotopic (exact) mass is 649 g/mol. The Hall–Kier alpha value is -4.59. The third-order valence-corrected chi connectivity index (χ3v) is 9.03. The molecule has 3 N–H and O–H groups in total. The SMILES string of the molecule is CCn1nccc1C(=O)N[C@H](C(=O)Nc1ccc(C[C@@H](NC(=O)c2cn(C)cn2)C(=O)N2CCN(C)CC2)cc1F)C1CCCCC1. The minimum Gasteiger partial charge on any atom is -0.340 e. The van der Waals surface area contributed by atoms with Crippen molar-refractivity contribution in [2.24, 2.45) is 13.0 Å². The summed E-state index contributed by atoms with van der Waals surface area (Å²) in [5.41, 5.74) is 0.963. The highest BCUT2D eigenvalue weighted by Gasteiger charge is 2.33. The summed E-state index contributed by atoms with van der Waals surface area (Å²) in [6, 6.07) is 4.15. The van der Waals surface area contributed by atoms with E-state index in [4.69, 9.17) is 0 Å². The number of anilines is 1. The Kier molecular flexibility index (Phi) is 11.0. The topological polar surface area (TPSA) is 146 Å². The molecule has 0 bridgehead atoms. The van der Waals surface area contributed by atoms with E-state index in [0.717, 1.165) is 32.1 Å². The number of nitrogens with one attached hydrogen (secondary N) is 3. The lowest BCUT2D eigenvalue weighted by atomic mass is 9.83. The van der Waals surface area contributed by atoms with Gasteiger partial charge >= 0.3 is 0 Å². The van der Waals surface area contributed by atoms with E-state index in [1.807, 2.05) is 14.0 Å². The van der Waals surface area contributed by atoms with E-state index in [-0.39, 0.29) is 29.6 Å². The average Bonchev–Trinajstić information content (AvgIpc) is 3.74. The lowest BCUT2D eigenvalue weighted by Gasteiger charge is -2.34. The van der Waals surface area contributed by atoms with Crippen molar-refractivity contribution in [3.8, 4) is 0 Å². The average molecular weight is 650 g/mol. The van der Waals surface area contributed by atoms with Crippen LogP contribution in [-0.2, 0) is 29.6 Å². The number of imidazole rings is 1. The van der Waals surface area contributed by atoms with Gasteiger partial charge in [-0.25, -0.2) is 9.37 Å². The van der Waals surface area contributed by atoms with Crippen molar-refractivity contribution < 1.29 is 23.6 Å². The van der Waals surface area contributed by atoms with Crippen LogP contribution in [0.2, 0.25) is 0 Å². The van der Waals surface area contributed by atoms with Crippen molar-refractivity contribution in [3.05, 3.63) is 65.8 Å². The molecule has 14 heteroatoms. The summed E-state index contributed by atoms with van der Waals surface area (Å²) in [5, 5.41) is 12.5. The quantitative estimate of drug-likeness (QED) is 0.289. The number of amides is 4. The Bertz CT molecular complexity index is 1570. The first-order valence-electron chi connectivity index (χ1n) is 16.3. The summed E-state index contributed by atoms with van der Waals surface area (Å²) < 4.78 is 18.8. The molecule has 1 saturated carbocycles. The molecule has 0 unspecified atom stereocenters. The molecule has 3 aromatic rings. The molecule has 0 spiro atoms. The molecule has 47 heavy (non-hydrogen) atoms. The zero-order valence-electron chi connectivity index (χ0n) is 27.2. The molecular formula is C33H44FN9O4. The first-order chi connectivity index (χ1) is 22.6. The summed E-state index contributed by atoms with van der Waals surface area (Å²) in [4.78, 5) is 61.3. The molecule has 5 rings (SSSR count). The molecule has 2 fully saturated rings. The van der Waals surface area contributed by atoms with Crippen molar-refractivity contribution in [2.75, 3.05) is 38.5 Å². The smallest absolute Gasteiger partial charge is 0.272 e. The maximum Gasteiger partial charge on any atom is 0.272 e. The molecule has 252 valence electrons. The molecule has 1 aromatic carbocycles. The van der Waals surface area contributed by atoms with Crippen molar-refractivity contribution in [2.45, 2.75) is 64.1 Å². The maximum absolute atomic E-state index is 15.6. The highest BCUT2D eigenvalue weighted by atomic mass is 19.1. The number of carbonyl (C=O) groups excluding carboxylic acids is 4. The molecule has 2 aromatic heterocycles. The van der Waals surface area contributed by atoms with Crippen LogP contribution < -0.4 is 16.0 Å². The van der Waals surface area contributed by atoms with Crippen molar-refractivity contribution in [1.29, 1.82) is 0 Å². The van der Waals surface area contributed by atoms with E-state index >= 15 is 4.39 Å². The fourth-order valence-electron chi connectivity index (χ4n) is 6.30. The van der Waals surface area contributed by atoms with Crippen LogP contribution in [0.25, 0.3) is 0 Å². The summed E-state index contributed by atoms with van der Waals surface area (Å²) in [7, 11) is 3.73. The van der Waals surface area contributed by atoms with Gasteiger partial charge in [-0.1, -0.05) is 25.3 Å². The summed E-state index contributed by atoms with van der Waals surface area (Å²) in [6.45, 7) is 4.83. The largest absolute Gasteiger partial charge is 0.340 e. The molecule has 1 aliphatic heterocycles. The number of halogens is 1. The molecule has 1 saturated heterocycles. The van der Waals surface area contributed by atoms with E-state index in [0.29, 0.717) is 44.0 Å². The van der Waals surface area contributed by atoms with Crippen molar-refractivity contribution >= 4 is 29.3 Å². The van der Waals surface area contributed by atoms with E-state index in [1.54, 1.807) is 39.5 Å². The highest BCUT2D eigenvalue weighted by molar-refractivity contribution is 6.01. The summed E-state index contributed by atoms with van der Waals surface area (Å²) in [6.07, 6.45) is 9.16. The van der Waals surface area contributed by atoms with Crippen LogP contribution in [0.15, 0.2) is 43.0 Å². The standard InChI is InChI=1S/C33H44FN9O4/c1-4-43-28(12-13-36-43)31(45)39-29(23-8-6-5-7-9-23)32(46)37-25-11-10-22(18-24(25)34)19-26(33(47)42-16-14-40(2)15-17-42)38-30(44)27-20-41(3)21-35-27/h10-13,18,20-21,23,26,29H,4-9,14-17,19H2,1-3H3,(H,37,46)(H,38,44)(H,39,45)/t26-,29+/m1/s1. The predicted molar refractivity (Wildman–Crippen MR) is 173 cm³/mol. The number of aryl methyl sites for hydroxylation is 2. The zero-order valence-corrected chi connectivity index (χ0v) is 27.2. The van der Waals surface area contributed by atoms with Crippen LogP contribution in [0.5, 0.6) is 0 Å². The predicted octanol–water partition coefficient (Wildman–Crippen LogP) is 2.21. The number of nitrogens with zero attached hydrogens (tertiary/aromatic N) is 6. The maximum atomic E-state index is 15.6. The number of carbonyl (C=O) groups is 4. The van der Waals surface area contributed by atoms with Gasteiger partial charge in [0.15, 0.2) is 0 Å². The number of likely N-dealkylation sites (N-methyl/N-ethyl adjacent to an activating group) is 1. The summed E-state index contributed by atoms with van der Waals surface area (Å²) >= 11 is 0. The van der Waals surface area contributed by atoms with Crippen molar-refractivity contribution in [1.82, 2.24) is 39.8 Å². The lowest BCUT2D eigenvalue weighted by Crippen LogP contribution is -2.55. The van der Waals surface area contributed by atoms with Gasteiger partial charge in [-0.2, -0.15) is 5.10 Å². The van der Waals surface area contributed by atoms with Gasteiger partial charge in [-0.3, -0.25) is 23.9 Å². The van der Waals surface area contributed by atoms with Gasteiger partial charge in [-0.15, -0.1) is 0 Å². The summed E-state index contributed by atoms with van der Waals surface area (Å²) in [5.74, 6) is -2.43. The minimum atomic E-state index is -0.949. The fourth-order valence-corrected chi connectivity index (χ4v) is 6.30. The van der Waals surface area contributed by atoms with E-state index in [9.17, 15) is 19.2 Å². The van der Waals surface area contributed by atoms with Gasteiger partial charge in [0.2, 0.25) is 11.8 Å². The Labute approximate surface area is 273 Å². The Balaban J connectivity index is 1.31. The second-order valence-electron chi connectivity index (χ2n) is 12.5. The fraction of sp³-hybridized carbons (Fsp3) is 0.515.